The molecule has 100 valence electrons. The maximum atomic E-state index is 4.38. The summed E-state index contributed by atoms with van der Waals surface area (Å²) in [6.07, 6.45) is 2.60. The molecule has 4 heteroatoms. The van der Waals surface area contributed by atoms with E-state index in [2.05, 4.69) is 53.3 Å². The first-order valence-corrected chi connectivity index (χ1v) is 7.00. The van der Waals surface area contributed by atoms with Crippen LogP contribution in [0.15, 0.2) is 12.1 Å². The highest BCUT2D eigenvalue weighted by atomic mass is 15.3. The molecule has 1 aromatic heterocycles. The third-order valence-corrected chi connectivity index (χ3v) is 3.11. The molecule has 1 heterocycles. The summed E-state index contributed by atoms with van der Waals surface area (Å²) in [7, 11) is 0. The standard InChI is InChI=1S/C14H24N4/c1-4-15-9-12-5-8-14(17-16-12)18(10-11(2)3)13-6-7-13/h5,8,11,13,15H,4,6-7,9-10H2,1-3H3. The van der Waals surface area contributed by atoms with Gasteiger partial charge in [0.05, 0.1) is 5.69 Å². The quantitative estimate of drug-likeness (QED) is 0.803. The van der Waals surface area contributed by atoms with E-state index in [1.165, 1.54) is 12.8 Å². The lowest BCUT2D eigenvalue weighted by Gasteiger charge is -2.25. The van der Waals surface area contributed by atoms with Gasteiger partial charge in [-0.15, -0.1) is 5.10 Å². The van der Waals surface area contributed by atoms with Crippen LogP contribution in [0.1, 0.15) is 39.3 Å². The molecule has 1 aliphatic carbocycles. The van der Waals surface area contributed by atoms with Crippen molar-refractivity contribution >= 4 is 5.82 Å². The molecule has 0 unspecified atom stereocenters. The van der Waals surface area contributed by atoms with E-state index in [-0.39, 0.29) is 0 Å². The molecule has 1 fully saturated rings. The third-order valence-electron chi connectivity index (χ3n) is 3.11. The lowest BCUT2D eigenvalue weighted by Crippen LogP contribution is -2.30. The molecule has 1 aliphatic rings. The van der Waals surface area contributed by atoms with E-state index in [9.17, 15) is 0 Å². The monoisotopic (exact) mass is 248 g/mol. The van der Waals surface area contributed by atoms with E-state index in [4.69, 9.17) is 0 Å². The highest BCUT2D eigenvalue weighted by Gasteiger charge is 2.30. The zero-order valence-electron chi connectivity index (χ0n) is 11.7. The lowest BCUT2D eigenvalue weighted by molar-refractivity contribution is 0.598. The minimum absolute atomic E-state index is 0.661. The first-order valence-electron chi connectivity index (χ1n) is 7.00. The predicted molar refractivity (Wildman–Crippen MR) is 74.6 cm³/mol. The zero-order valence-corrected chi connectivity index (χ0v) is 11.7. The summed E-state index contributed by atoms with van der Waals surface area (Å²) in [5, 5.41) is 11.9. The Kier molecular flexibility index (Phi) is 4.53. The molecule has 18 heavy (non-hydrogen) atoms. The van der Waals surface area contributed by atoms with E-state index in [1.54, 1.807) is 0 Å². The lowest BCUT2D eigenvalue weighted by atomic mass is 10.2. The number of nitrogens with zero attached hydrogens (tertiary/aromatic N) is 3. The topological polar surface area (TPSA) is 41.0 Å². The molecule has 4 nitrogen and oxygen atoms in total. The van der Waals surface area contributed by atoms with Crippen molar-refractivity contribution in [3.63, 3.8) is 0 Å². The van der Waals surface area contributed by atoms with Crippen molar-refractivity contribution in [1.29, 1.82) is 0 Å². The van der Waals surface area contributed by atoms with Crippen molar-refractivity contribution in [3.05, 3.63) is 17.8 Å². The second kappa shape index (κ2) is 6.14. The van der Waals surface area contributed by atoms with Gasteiger partial charge in [0.2, 0.25) is 0 Å². The van der Waals surface area contributed by atoms with Crippen LogP contribution in [-0.2, 0) is 6.54 Å². The maximum absolute atomic E-state index is 4.38. The Morgan fingerprint density at radius 2 is 2.11 bits per heavy atom. The minimum Gasteiger partial charge on any atom is -0.352 e. The van der Waals surface area contributed by atoms with E-state index < -0.39 is 0 Å². The van der Waals surface area contributed by atoms with Gasteiger partial charge in [0.15, 0.2) is 5.82 Å². The average molecular weight is 248 g/mol. The zero-order chi connectivity index (χ0) is 13.0. The van der Waals surface area contributed by atoms with Gasteiger partial charge in [0.1, 0.15) is 0 Å². The summed E-state index contributed by atoms with van der Waals surface area (Å²) >= 11 is 0. The molecule has 1 saturated carbocycles. The molecule has 0 atom stereocenters. The molecule has 1 N–H and O–H groups in total. The summed E-state index contributed by atoms with van der Waals surface area (Å²) in [6, 6.07) is 4.89. The van der Waals surface area contributed by atoms with E-state index in [0.29, 0.717) is 12.0 Å². The van der Waals surface area contributed by atoms with Gasteiger partial charge < -0.3 is 10.2 Å². The van der Waals surface area contributed by atoms with E-state index in [1.807, 2.05) is 0 Å². The molecule has 2 rings (SSSR count). The highest BCUT2D eigenvalue weighted by Crippen LogP contribution is 2.30. The van der Waals surface area contributed by atoms with Gasteiger partial charge in [-0.2, -0.15) is 5.10 Å². The third kappa shape index (κ3) is 3.67. The fourth-order valence-electron chi connectivity index (χ4n) is 2.06. The summed E-state index contributed by atoms with van der Waals surface area (Å²) in [5.41, 5.74) is 1.01. The number of aromatic nitrogens is 2. The van der Waals surface area contributed by atoms with Crippen molar-refractivity contribution in [2.75, 3.05) is 18.0 Å². The minimum atomic E-state index is 0.661. The van der Waals surface area contributed by atoms with Gasteiger partial charge in [0, 0.05) is 19.1 Å². The van der Waals surface area contributed by atoms with Crippen molar-refractivity contribution < 1.29 is 0 Å². The maximum Gasteiger partial charge on any atom is 0.151 e. The molecule has 0 radical (unpaired) electrons. The van der Waals surface area contributed by atoms with Gasteiger partial charge in [-0.05, 0) is 37.4 Å². The molecule has 0 aliphatic heterocycles. The molecule has 0 amide bonds. The molecule has 0 saturated heterocycles. The summed E-state index contributed by atoms with van der Waals surface area (Å²) < 4.78 is 0. The SMILES string of the molecule is CCNCc1ccc(N(CC(C)C)C2CC2)nn1. The average Bonchev–Trinajstić information content (AvgIpc) is 3.18. The van der Waals surface area contributed by atoms with Crippen LogP contribution in [0.3, 0.4) is 0 Å². The Hall–Kier alpha value is -1.16. The first kappa shape index (κ1) is 13.3. The van der Waals surface area contributed by atoms with Crippen LogP contribution in [0, 0.1) is 5.92 Å². The highest BCUT2D eigenvalue weighted by molar-refractivity contribution is 5.40. The number of hydrogen-bond donors (Lipinski definition) is 1. The van der Waals surface area contributed by atoms with Gasteiger partial charge in [-0.3, -0.25) is 0 Å². The number of anilines is 1. The van der Waals surface area contributed by atoms with Gasteiger partial charge in [-0.1, -0.05) is 20.8 Å². The Labute approximate surface area is 110 Å². The second-order valence-corrected chi connectivity index (χ2v) is 5.44. The van der Waals surface area contributed by atoms with Crippen LogP contribution in [0.4, 0.5) is 5.82 Å². The van der Waals surface area contributed by atoms with Gasteiger partial charge in [0.25, 0.3) is 0 Å². The summed E-state index contributed by atoms with van der Waals surface area (Å²) in [6.45, 7) is 9.44. The van der Waals surface area contributed by atoms with Crippen LogP contribution >= 0.6 is 0 Å². The predicted octanol–water partition coefficient (Wildman–Crippen LogP) is 2.21. The molecule has 1 aromatic rings. The van der Waals surface area contributed by atoms with E-state index >= 15 is 0 Å². The van der Waals surface area contributed by atoms with Gasteiger partial charge >= 0.3 is 0 Å². The summed E-state index contributed by atoms with van der Waals surface area (Å²) in [4.78, 5) is 2.41. The van der Waals surface area contributed by atoms with Crippen molar-refractivity contribution in [3.8, 4) is 0 Å². The number of hydrogen-bond acceptors (Lipinski definition) is 4. The van der Waals surface area contributed by atoms with Crippen LogP contribution in [-0.4, -0.2) is 29.3 Å². The van der Waals surface area contributed by atoms with E-state index in [0.717, 1.165) is 31.1 Å². The number of nitrogens with one attached hydrogen (secondary N) is 1. The molecule has 0 aromatic carbocycles. The van der Waals surface area contributed by atoms with Crippen LogP contribution in [0.5, 0.6) is 0 Å². The van der Waals surface area contributed by atoms with Crippen molar-refractivity contribution in [2.45, 2.75) is 46.2 Å². The molecule has 0 bridgehead atoms. The molecule has 0 spiro atoms. The fourth-order valence-corrected chi connectivity index (χ4v) is 2.06. The summed E-state index contributed by atoms with van der Waals surface area (Å²) in [5.74, 6) is 1.69. The normalized spacial score (nSPS) is 15.1. The Morgan fingerprint density at radius 3 is 2.61 bits per heavy atom. The Balaban J connectivity index is 2.01. The van der Waals surface area contributed by atoms with Crippen LogP contribution in [0.2, 0.25) is 0 Å². The Morgan fingerprint density at radius 1 is 1.33 bits per heavy atom. The first-order chi connectivity index (χ1) is 8.70. The van der Waals surface area contributed by atoms with Gasteiger partial charge in [-0.25, -0.2) is 0 Å². The second-order valence-electron chi connectivity index (χ2n) is 5.44. The Bertz CT molecular complexity index is 357. The van der Waals surface area contributed by atoms with Crippen LogP contribution < -0.4 is 10.2 Å². The van der Waals surface area contributed by atoms with Crippen LogP contribution in [0.25, 0.3) is 0 Å². The molecular formula is C14H24N4. The van der Waals surface area contributed by atoms with Crippen molar-refractivity contribution in [2.24, 2.45) is 5.92 Å². The number of rotatable bonds is 7. The van der Waals surface area contributed by atoms with Crippen molar-refractivity contribution in [1.82, 2.24) is 15.5 Å². The largest absolute Gasteiger partial charge is 0.352 e. The smallest absolute Gasteiger partial charge is 0.151 e. The molecular weight excluding hydrogens is 224 g/mol. The fraction of sp³-hybridized carbons (Fsp3) is 0.714.